The Hall–Kier alpha value is -2.14. The molecule has 26 heavy (non-hydrogen) atoms. The van der Waals surface area contributed by atoms with Crippen molar-refractivity contribution in [2.45, 2.75) is 58.5 Å². The lowest BCUT2D eigenvalue weighted by Gasteiger charge is -2.10. The van der Waals surface area contributed by atoms with Crippen molar-refractivity contribution in [1.29, 1.82) is 0 Å². The Morgan fingerprint density at radius 2 is 1.88 bits per heavy atom. The topological polar surface area (TPSA) is 46.9 Å². The Bertz CT molecular complexity index is 823. The van der Waals surface area contributed by atoms with Gasteiger partial charge in [0.25, 0.3) is 5.91 Å². The van der Waals surface area contributed by atoms with Gasteiger partial charge in [-0.25, -0.2) is 4.98 Å². The number of nitrogens with zero attached hydrogens (tertiary/aromatic N) is 2. The molecule has 1 N–H and O–H groups in total. The van der Waals surface area contributed by atoms with Crippen LogP contribution in [-0.4, -0.2) is 15.5 Å². The van der Waals surface area contributed by atoms with Crippen LogP contribution in [0.1, 0.15) is 60.9 Å². The molecule has 0 atom stereocenters. The van der Waals surface area contributed by atoms with E-state index in [-0.39, 0.29) is 5.91 Å². The molecule has 0 aliphatic heterocycles. The zero-order valence-electron chi connectivity index (χ0n) is 15.4. The minimum absolute atomic E-state index is 0.0295. The maximum Gasteiger partial charge on any atom is 0.261 e. The first kappa shape index (κ1) is 18.6. The Morgan fingerprint density at radius 3 is 2.69 bits per heavy atom. The standard InChI is InChI=1S/C21H27N3OS/c1-2-3-4-5-6-9-14-24-18-12-8-7-11-17(18)23-20(24)16-22-21(25)19-13-10-15-26-19/h7-8,10-13,15H,2-6,9,14,16H2,1H3,(H,22,25). The third kappa shape index (κ3) is 4.73. The van der Waals surface area contributed by atoms with Gasteiger partial charge in [-0.15, -0.1) is 11.3 Å². The van der Waals surface area contributed by atoms with Gasteiger partial charge in [0.2, 0.25) is 0 Å². The van der Waals surface area contributed by atoms with E-state index < -0.39 is 0 Å². The predicted molar refractivity (Wildman–Crippen MR) is 109 cm³/mol. The maximum absolute atomic E-state index is 12.2. The van der Waals surface area contributed by atoms with Crippen molar-refractivity contribution in [2.75, 3.05) is 0 Å². The molecule has 3 aromatic rings. The number of amides is 1. The molecule has 4 nitrogen and oxygen atoms in total. The Morgan fingerprint density at radius 1 is 1.08 bits per heavy atom. The maximum atomic E-state index is 12.2. The lowest BCUT2D eigenvalue weighted by Crippen LogP contribution is -2.24. The first-order valence-electron chi connectivity index (χ1n) is 9.55. The number of carbonyl (C=O) groups excluding carboxylic acids is 1. The first-order valence-corrected chi connectivity index (χ1v) is 10.4. The summed E-state index contributed by atoms with van der Waals surface area (Å²) in [5.41, 5.74) is 2.15. The van der Waals surface area contributed by atoms with Gasteiger partial charge in [0.15, 0.2) is 0 Å². The van der Waals surface area contributed by atoms with E-state index in [0.29, 0.717) is 6.54 Å². The van der Waals surface area contributed by atoms with Crippen LogP contribution in [0.5, 0.6) is 0 Å². The lowest BCUT2D eigenvalue weighted by atomic mass is 10.1. The fourth-order valence-electron chi connectivity index (χ4n) is 3.21. The van der Waals surface area contributed by atoms with Crippen molar-refractivity contribution in [3.63, 3.8) is 0 Å². The predicted octanol–water partition coefficient (Wildman–Crippen LogP) is 5.39. The normalized spacial score (nSPS) is 11.1. The summed E-state index contributed by atoms with van der Waals surface area (Å²) in [5.74, 6) is 0.905. The Balaban J connectivity index is 1.65. The summed E-state index contributed by atoms with van der Waals surface area (Å²) >= 11 is 1.46. The molecular weight excluding hydrogens is 342 g/mol. The average molecular weight is 370 g/mol. The van der Waals surface area contributed by atoms with E-state index in [1.807, 2.05) is 29.6 Å². The number of benzene rings is 1. The molecule has 2 aromatic heterocycles. The summed E-state index contributed by atoms with van der Waals surface area (Å²) in [4.78, 5) is 17.7. The molecule has 3 rings (SSSR count). The zero-order valence-corrected chi connectivity index (χ0v) is 16.2. The van der Waals surface area contributed by atoms with Crippen LogP contribution in [-0.2, 0) is 13.1 Å². The highest BCUT2D eigenvalue weighted by atomic mass is 32.1. The molecule has 5 heteroatoms. The summed E-state index contributed by atoms with van der Waals surface area (Å²) in [6.45, 7) is 3.66. The minimum Gasteiger partial charge on any atom is -0.344 e. The summed E-state index contributed by atoms with van der Waals surface area (Å²) in [5, 5.41) is 4.93. The van der Waals surface area contributed by atoms with Gasteiger partial charge in [0, 0.05) is 6.54 Å². The number of unbranched alkanes of at least 4 members (excludes halogenated alkanes) is 5. The Labute approximate surface area is 159 Å². The molecule has 1 aromatic carbocycles. The average Bonchev–Trinajstić information content (AvgIpc) is 3.31. The summed E-state index contributed by atoms with van der Waals surface area (Å²) < 4.78 is 2.27. The van der Waals surface area contributed by atoms with Crippen LogP contribution in [0.2, 0.25) is 0 Å². The van der Waals surface area contributed by atoms with Crippen LogP contribution in [0.15, 0.2) is 41.8 Å². The Kier molecular flexibility index (Phi) is 6.83. The number of nitrogens with one attached hydrogen (secondary N) is 1. The van der Waals surface area contributed by atoms with Gasteiger partial charge >= 0.3 is 0 Å². The fraction of sp³-hybridized carbons (Fsp3) is 0.429. The third-order valence-electron chi connectivity index (χ3n) is 4.62. The highest BCUT2D eigenvalue weighted by molar-refractivity contribution is 7.12. The molecule has 1 amide bonds. The van der Waals surface area contributed by atoms with E-state index in [0.717, 1.165) is 34.7 Å². The third-order valence-corrected chi connectivity index (χ3v) is 5.49. The molecule has 0 aliphatic carbocycles. The SMILES string of the molecule is CCCCCCCCn1c(CNC(=O)c2cccs2)nc2ccccc21. The van der Waals surface area contributed by atoms with Crippen molar-refractivity contribution in [1.82, 2.24) is 14.9 Å². The van der Waals surface area contributed by atoms with Crippen molar-refractivity contribution in [3.05, 3.63) is 52.5 Å². The molecule has 138 valence electrons. The monoisotopic (exact) mass is 369 g/mol. The molecular formula is C21H27N3OS. The van der Waals surface area contributed by atoms with Crippen molar-refractivity contribution in [3.8, 4) is 0 Å². The molecule has 0 unspecified atom stereocenters. The molecule has 0 saturated heterocycles. The summed E-state index contributed by atoms with van der Waals surface area (Å²) in [6, 6.07) is 12.0. The van der Waals surface area contributed by atoms with Gasteiger partial charge < -0.3 is 9.88 Å². The number of imidazole rings is 1. The molecule has 0 fully saturated rings. The van der Waals surface area contributed by atoms with E-state index in [9.17, 15) is 4.79 Å². The number of hydrogen-bond donors (Lipinski definition) is 1. The number of hydrogen-bond acceptors (Lipinski definition) is 3. The van der Waals surface area contributed by atoms with Gasteiger partial charge in [-0.05, 0) is 30.0 Å². The molecule has 2 heterocycles. The molecule has 0 spiro atoms. The smallest absolute Gasteiger partial charge is 0.261 e. The van der Waals surface area contributed by atoms with Crippen molar-refractivity contribution in [2.24, 2.45) is 0 Å². The zero-order chi connectivity index (χ0) is 18.2. The van der Waals surface area contributed by atoms with Crippen LogP contribution in [0.25, 0.3) is 11.0 Å². The van der Waals surface area contributed by atoms with E-state index >= 15 is 0 Å². The van der Waals surface area contributed by atoms with Gasteiger partial charge in [-0.2, -0.15) is 0 Å². The number of thiophene rings is 1. The summed E-state index contributed by atoms with van der Waals surface area (Å²) in [7, 11) is 0. The number of aryl methyl sites for hydroxylation is 1. The van der Waals surface area contributed by atoms with Gasteiger partial charge in [0.1, 0.15) is 5.82 Å². The van der Waals surface area contributed by atoms with Crippen LogP contribution >= 0.6 is 11.3 Å². The van der Waals surface area contributed by atoms with Crippen molar-refractivity contribution < 1.29 is 4.79 Å². The number of rotatable bonds is 10. The highest BCUT2D eigenvalue weighted by Crippen LogP contribution is 2.18. The number of para-hydroxylation sites is 2. The molecule has 0 radical (unpaired) electrons. The highest BCUT2D eigenvalue weighted by Gasteiger charge is 2.12. The second-order valence-corrected chi connectivity index (χ2v) is 7.54. The summed E-state index contributed by atoms with van der Waals surface area (Å²) in [6.07, 6.45) is 7.62. The quantitative estimate of drug-likeness (QED) is 0.487. The number of fused-ring (bicyclic) bond motifs is 1. The van der Waals surface area contributed by atoms with Crippen LogP contribution < -0.4 is 5.32 Å². The molecule has 0 aliphatic rings. The molecule has 0 bridgehead atoms. The van der Waals surface area contributed by atoms with Gasteiger partial charge in [0.05, 0.1) is 22.5 Å². The number of carbonyl (C=O) groups is 1. The molecule has 0 saturated carbocycles. The second-order valence-electron chi connectivity index (χ2n) is 6.60. The van der Waals surface area contributed by atoms with Crippen LogP contribution in [0.4, 0.5) is 0 Å². The van der Waals surface area contributed by atoms with E-state index in [2.05, 4.69) is 28.9 Å². The largest absolute Gasteiger partial charge is 0.344 e. The van der Waals surface area contributed by atoms with Crippen LogP contribution in [0.3, 0.4) is 0 Å². The van der Waals surface area contributed by atoms with E-state index in [4.69, 9.17) is 4.98 Å². The van der Waals surface area contributed by atoms with Gasteiger partial charge in [-0.3, -0.25) is 4.79 Å². The van der Waals surface area contributed by atoms with E-state index in [1.165, 1.54) is 43.4 Å². The number of aromatic nitrogens is 2. The van der Waals surface area contributed by atoms with Crippen LogP contribution in [0, 0.1) is 0 Å². The van der Waals surface area contributed by atoms with Crippen molar-refractivity contribution >= 4 is 28.3 Å². The first-order chi connectivity index (χ1) is 12.8. The van der Waals surface area contributed by atoms with E-state index in [1.54, 1.807) is 0 Å². The van der Waals surface area contributed by atoms with Gasteiger partial charge in [-0.1, -0.05) is 57.2 Å². The fourth-order valence-corrected chi connectivity index (χ4v) is 3.85. The second kappa shape index (κ2) is 9.53. The minimum atomic E-state index is -0.0295. The lowest BCUT2D eigenvalue weighted by molar-refractivity contribution is 0.0953.